The number of hydrogen-bond donors (Lipinski definition) is 1. The molecule has 1 aliphatic heterocycles. The Kier molecular flexibility index (Phi) is 4.66. The predicted octanol–water partition coefficient (Wildman–Crippen LogP) is 1.65. The van der Waals surface area contributed by atoms with Gasteiger partial charge in [-0.1, -0.05) is 30.3 Å². The van der Waals surface area contributed by atoms with E-state index in [0.29, 0.717) is 25.1 Å². The molecule has 1 saturated heterocycles. The SMILES string of the molecule is O=C(N[C@H]1CCN(C(=O)Cc2ccccc2)C1)c1ccncc1. The number of pyridine rings is 1. The first-order chi connectivity index (χ1) is 11.2. The van der Waals surface area contributed by atoms with E-state index < -0.39 is 0 Å². The van der Waals surface area contributed by atoms with Gasteiger partial charge in [0.25, 0.3) is 5.91 Å². The average molecular weight is 309 g/mol. The number of rotatable bonds is 4. The van der Waals surface area contributed by atoms with Crippen LogP contribution in [0.25, 0.3) is 0 Å². The maximum absolute atomic E-state index is 12.3. The molecule has 0 radical (unpaired) electrons. The van der Waals surface area contributed by atoms with Gasteiger partial charge < -0.3 is 10.2 Å². The lowest BCUT2D eigenvalue weighted by Crippen LogP contribution is -2.38. The summed E-state index contributed by atoms with van der Waals surface area (Å²) < 4.78 is 0. The van der Waals surface area contributed by atoms with Crippen LogP contribution < -0.4 is 5.32 Å². The zero-order valence-electron chi connectivity index (χ0n) is 12.8. The van der Waals surface area contributed by atoms with Crippen LogP contribution in [0.1, 0.15) is 22.3 Å². The van der Waals surface area contributed by atoms with Crippen molar-refractivity contribution in [3.8, 4) is 0 Å². The molecular formula is C18H19N3O2. The van der Waals surface area contributed by atoms with Crippen molar-refractivity contribution in [3.05, 3.63) is 66.0 Å². The average Bonchev–Trinajstić information content (AvgIpc) is 3.05. The maximum Gasteiger partial charge on any atom is 0.251 e. The van der Waals surface area contributed by atoms with Crippen molar-refractivity contribution in [2.45, 2.75) is 18.9 Å². The smallest absolute Gasteiger partial charge is 0.251 e. The van der Waals surface area contributed by atoms with Crippen molar-refractivity contribution < 1.29 is 9.59 Å². The molecule has 2 amide bonds. The Morgan fingerprint density at radius 1 is 1.13 bits per heavy atom. The van der Waals surface area contributed by atoms with Crippen LogP contribution >= 0.6 is 0 Å². The van der Waals surface area contributed by atoms with Crippen LogP contribution in [0.3, 0.4) is 0 Å². The van der Waals surface area contributed by atoms with Gasteiger partial charge in [-0.25, -0.2) is 0 Å². The van der Waals surface area contributed by atoms with Crippen LogP contribution in [0.4, 0.5) is 0 Å². The van der Waals surface area contributed by atoms with E-state index in [1.807, 2.05) is 35.2 Å². The summed E-state index contributed by atoms with van der Waals surface area (Å²) >= 11 is 0. The number of amides is 2. The summed E-state index contributed by atoms with van der Waals surface area (Å²) in [7, 11) is 0. The van der Waals surface area contributed by atoms with Crippen molar-refractivity contribution in [1.29, 1.82) is 0 Å². The molecule has 0 unspecified atom stereocenters. The van der Waals surface area contributed by atoms with Gasteiger partial charge in [0.05, 0.1) is 6.42 Å². The molecule has 1 atom stereocenters. The highest BCUT2D eigenvalue weighted by Gasteiger charge is 2.27. The van der Waals surface area contributed by atoms with E-state index in [0.717, 1.165) is 12.0 Å². The highest BCUT2D eigenvalue weighted by Crippen LogP contribution is 2.12. The molecule has 1 aromatic heterocycles. The second kappa shape index (κ2) is 7.05. The summed E-state index contributed by atoms with van der Waals surface area (Å²) in [5.41, 5.74) is 1.61. The fourth-order valence-electron chi connectivity index (χ4n) is 2.76. The standard InChI is InChI=1S/C18H19N3O2/c22-17(12-14-4-2-1-3-5-14)21-11-8-16(13-21)20-18(23)15-6-9-19-10-7-15/h1-7,9-10,16H,8,11-13H2,(H,20,23)/t16-/m0/s1. The van der Waals surface area contributed by atoms with Gasteiger partial charge in [0.15, 0.2) is 0 Å². The molecule has 0 spiro atoms. The molecule has 0 bridgehead atoms. The maximum atomic E-state index is 12.3. The fraction of sp³-hybridized carbons (Fsp3) is 0.278. The van der Waals surface area contributed by atoms with E-state index in [4.69, 9.17) is 0 Å². The summed E-state index contributed by atoms with van der Waals surface area (Å²) in [6.07, 6.45) is 4.39. The molecule has 5 nitrogen and oxygen atoms in total. The lowest BCUT2D eigenvalue weighted by Gasteiger charge is -2.17. The Bertz CT molecular complexity index is 673. The molecular weight excluding hydrogens is 290 g/mol. The molecule has 0 aliphatic carbocycles. The summed E-state index contributed by atoms with van der Waals surface area (Å²) in [4.78, 5) is 30.2. The highest BCUT2D eigenvalue weighted by molar-refractivity contribution is 5.94. The Balaban J connectivity index is 1.52. The normalized spacial score (nSPS) is 17.0. The minimum atomic E-state index is -0.116. The summed E-state index contributed by atoms with van der Waals surface area (Å²) in [6, 6.07) is 13.1. The quantitative estimate of drug-likeness (QED) is 0.934. The van der Waals surface area contributed by atoms with Crippen LogP contribution in [-0.2, 0) is 11.2 Å². The molecule has 0 saturated carbocycles. The minimum Gasteiger partial charge on any atom is -0.347 e. The summed E-state index contributed by atoms with van der Waals surface area (Å²) in [6.45, 7) is 1.26. The molecule has 3 rings (SSSR count). The lowest BCUT2D eigenvalue weighted by molar-refractivity contribution is -0.129. The van der Waals surface area contributed by atoms with E-state index in [1.54, 1.807) is 24.5 Å². The number of nitrogens with one attached hydrogen (secondary N) is 1. The van der Waals surface area contributed by atoms with Gasteiger partial charge in [-0.15, -0.1) is 0 Å². The van der Waals surface area contributed by atoms with Crippen molar-refractivity contribution in [1.82, 2.24) is 15.2 Å². The third kappa shape index (κ3) is 3.94. The van der Waals surface area contributed by atoms with Crippen molar-refractivity contribution >= 4 is 11.8 Å². The summed E-state index contributed by atoms with van der Waals surface area (Å²) in [5, 5.41) is 2.98. The van der Waals surface area contributed by atoms with E-state index in [9.17, 15) is 9.59 Å². The minimum absolute atomic E-state index is 0.00962. The van der Waals surface area contributed by atoms with Crippen LogP contribution in [0, 0.1) is 0 Å². The van der Waals surface area contributed by atoms with Crippen LogP contribution in [0.15, 0.2) is 54.9 Å². The van der Waals surface area contributed by atoms with Gasteiger partial charge in [-0.05, 0) is 24.1 Å². The molecule has 1 fully saturated rings. The molecule has 23 heavy (non-hydrogen) atoms. The second-order valence-electron chi connectivity index (χ2n) is 5.70. The fourth-order valence-corrected chi connectivity index (χ4v) is 2.76. The van der Waals surface area contributed by atoms with E-state index in [-0.39, 0.29) is 17.9 Å². The zero-order valence-corrected chi connectivity index (χ0v) is 12.8. The van der Waals surface area contributed by atoms with E-state index in [2.05, 4.69) is 10.3 Å². The lowest BCUT2D eigenvalue weighted by atomic mass is 10.1. The van der Waals surface area contributed by atoms with E-state index >= 15 is 0 Å². The van der Waals surface area contributed by atoms with Crippen molar-refractivity contribution in [3.63, 3.8) is 0 Å². The first-order valence-electron chi connectivity index (χ1n) is 7.75. The Morgan fingerprint density at radius 3 is 2.61 bits per heavy atom. The molecule has 5 heteroatoms. The highest BCUT2D eigenvalue weighted by atomic mass is 16.2. The second-order valence-corrected chi connectivity index (χ2v) is 5.70. The third-order valence-electron chi connectivity index (χ3n) is 4.02. The monoisotopic (exact) mass is 309 g/mol. The van der Waals surface area contributed by atoms with Gasteiger partial charge >= 0.3 is 0 Å². The number of carbonyl (C=O) groups excluding carboxylic acids is 2. The van der Waals surface area contributed by atoms with Gasteiger partial charge in [-0.3, -0.25) is 14.6 Å². The first kappa shape index (κ1) is 15.2. The molecule has 2 heterocycles. The summed E-state index contributed by atoms with van der Waals surface area (Å²) in [5.74, 6) is -0.00776. The number of nitrogens with zero attached hydrogens (tertiary/aromatic N) is 2. The van der Waals surface area contributed by atoms with Gasteiger partial charge in [0.1, 0.15) is 0 Å². The van der Waals surface area contributed by atoms with E-state index in [1.165, 1.54) is 0 Å². The predicted molar refractivity (Wildman–Crippen MR) is 86.8 cm³/mol. The Hall–Kier alpha value is -2.69. The van der Waals surface area contributed by atoms with Crippen LogP contribution in [0.5, 0.6) is 0 Å². The zero-order chi connectivity index (χ0) is 16.1. The molecule has 1 N–H and O–H groups in total. The first-order valence-corrected chi connectivity index (χ1v) is 7.75. The number of likely N-dealkylation sites (tertiary alicyclic amines) is 1. The molecule has 1 aromatic carbocycles. The third-order valence-corrected chi connectivity index (χ3v) is 4.02. The molecule has 118 valence electrons. The molecule has 1 aliphatic rings. The Morgan fingerprint density at radius 2 is 1.87 bits per heavy atom. The van der Waals surface area contributed by atoms with Crippen LogP contribution in [-0.4, -0.2) is 40.8 Å². The van der Waals surface area contributed by atoms with Gasteiger partial charge in [0, 0.05) is 37.1 Å². The van der Waals surface area contributed by atoms with Gasteiger partial charge in [0.2, 0.25) is 5.91 Å². The molecule has 2 aromatic rings. The van der Waals surface area contributed by atoms with Crippen LogP contribution in [0.2, 0.25) is 0 Å². The number of aromatic nitrogens is 1. The Labute approximate surface area is 135 Å². The topological polar surface area (TPSA) is 62.3 Å². The largest absolute Gasteiger partial charge is 0.347 e. The van der Waals surface area contributed by atoms with Gasteiger partial charge in [-0.2, -0.15) is 0 Å². The number of benzene rings is 1. The number of hydrogen-bond acceptors (Lipinski definition) is 3. The van der Waals surface area contributed by atoms with Crippen molar-refractivity contribution in [2.75, 3.05) is 13.1 Å². The van der Waals surface area contributed by atoms with Crippen molar-refractivity contribution in [2.24, 2.45) is 0 Å². The number of carbonyl (C=O) groups is 2.